The highest BCUT2D eigenvalue weighted by Gasteiger charge is 2.13. The van der Waals surface area contributed by atoms with Gasteiger partial charge in [0.25, 0.3) is 5.91 Å². The molecule has 2 rings (SSSR count). The van der Waals surface area contributed by atoms with Gasteiger partial charge in [0.15, 0.2) is 0 Å². The highest BCUT2D eigenvalue weighted by atomic mass is 79.9. The molecule has 0 radical (unpaired) electrons. The summed E-state index contributed by atoms with van der Waals surface area (Å²) in [5.41, 5.74) is 4.59. The molecule has 0 heterocycles. The molecule has 2 aromatic rings. The molecule has 4 heteroatoms. The van der Waals surface area contributed by atoms with Gasteiger partial charge in [-0.1, -0.05) is 37.9 Å². The zero-order valence-electron chi connectivity index (χ0n) is 11.6. The summed E-state index contributed by atoms with van der Waals surface area (Å²) < 4.78 is 1.92. The number of anilines is 1. The third-order valence-electron chi connectivity index (χ3n) is 3.18. The number of halogens is 2. The zero-order chi connectivity index (χ0) is 14.9. The number of benzene rings is 2. The molecule has 2 aromatic carbocycles. The second-order valence-electron chi connectivity index (χ2n) is 4.83. The number of amides is 1. The van der Waals surface area contributed by atoms with Crippen molar-refractivity contribution < 1.29 is 4.79 Å². The standard InChI is InChI=1S/C16H15Br2NO/c1-9-4-5-12(17)8-14(9)16(20)19-15-10(2)6-13(18)7-11(15)3/h4-8H,1-3H3,(H,19,20). The van der Waals surface area contributed by atoms with Gasteiger partial charge < -0.3 is 5.32 Å². The van der Waals surface area contributed by atoms with Crippen molar-refractivity contribution >= 4 is 43.5 Å². The lowest BCUT2D eigenvalue weighted by atomic mass is 10.1. The van der Waals surface area contributed by atoms with E-state index in [1.165, 1.54) is 0 Å². The van der Waals surface area contributed by atoms with E-state index in [4.69, 9.17) is 0 Å². The van der Waals surface area contributed by atoms with Crippen LogP contribution in [0.1, 0.15) is 27.0 Å². The molecule has 0 aliphatic carbocycles. The number of carbonyl (C=O) groups is 1. The summed E-state index contributed by atoms with van der Waals surface area (Å²) in [4.78, 5) is 12.4. The summed E-state index contributed by atoms with van der Waals surface area (Å²) in [5, 5.41) is 3.01. The van der Waals surface area contributed by atoms with Crippen molar-refractivity contribution in [1.82, 2.24) is 0 Å². The van der Waals surface area contributed by atoms with Gasteiger partial charge >= 0.3 is 0 Å². The van der Waals surface area contributed by atoms with Crippen molar-refractivity contribution in [3.8, 4) is 0 Å². The fourth-order valence-corrected chi connectivity index (χ4v) is 3.18. The first-order valence-corrected chi connectivity index (χ1v) is 7.81. The molecule has 0 saturated heterocycles. The van der Waals surface area contributed by atoms with Gasteiger partial charge in [0.05, 0.1) is 0 Å². The van der Waals surface area contributed by atoms with E-state index >= 15 is 0 Å². The minimum atomic E-state index is -0.0858. The Hall–Kier alpha value is -1.13. The number of hydrogen-bond acceptors (Lipinski definition) is 1. The molecule has 0 atom stereocenters. The Labute approximate surface area is 135 Å². The predicted octanol–water partition coefficient (Wildman–Crippen LogP) is 5.39. The first-order valence-electron chi connectivity index (χ1n) is 6.22. The fourth-order valence-electron chi connectivity index (χ4n) is 2.13. The van der Waals surface area contributed by atoms with Gasteiger partial charge in [-0.2, -0.15) is 0 Å². The van der Waals surface area contributed by atoms with Crippen molar-refractivity contribution in [2.45, 2.75) is 20.8 Å². The van der Waals surface area contributed by atoms with Crippen LogP contribution in [-0.4, -0.2) is 5.91 Å². The Morgan fingerprint density at radius 3 is 2.10 bits per heavy atom. The average Bonchev–Trinajstić information content (AvgIpc) is 2.36. The predicted molar refractivity (Wildman–Crippen MR) is 90.4 cm³/mol. The normalized spacial score (nSPS) is 10.4. The third-order valence-corrected chi connectivity index (χ3v) is 4.13. The van der Waals surface area contributed by atoms with E-state index in [0.29, 0.717) is 5.56 Å². The molecule has 2 nitrogen and oxygen atoms in total. The fraction of sp³-hybridized carbons (Fsp3) is 0.188. The lowest BCUT2D eigenvalue weighted by molar-refractivity contribution is 0.102. The van der Waals surface area contributed by atoms with Gasteiger partial charge in [-0.25, -0.2) is 0 Å². The average molecular weight is 397 g/mol. The molecule has 0 aliphatic heterocycles. The molecule has 1 amide bonds. The Morgan fingerprint density at radius 1 is 0.900 bits per heavy atom. The van der Waals surface area contributed by atoms with E-state index in [9.17, 15) is 4.79 Å². The monoisotopic (exact) mass is 395 g/mol. The van der Waals surface area contributed by atoms with E-state index in [2.05, 4.69) is 37.2 Å². The lowest BCUT2D eigenvalue weighted by Crippen LogP contribution is -2.15. The number of aryl methyl sites for hydroxylation is 3. The van der Waals surface area contributed by atoms with E-state index in [1.54, 1.807) is 0 Å². The van der Waals surface area contributed by atoms with E-state index in [-0.39, 0.29) is 5.91 Å². The molecular formula is C16H15Br2NO. The van der Waals surface area contributed by atoms with Crippen molar-refractivity contribution in [3.05, 3.63) is 61.5 Å². The second-order valence-corrected chi connectivity index (χ2v) is 6.66. The van der Waals surface area contributed by atoms with E-state index < -0.39 is 0 Å². The van der Waals surface area contributed by atoms with Gasteiger partial charge in [-0.05, 0) is 61.7 Å². The largest absolute Gasteiger partial charge is 0.321 e. The summed E-state index contributed by atoms with van der Waals surface area (Å²) in [7, 11) is 0. The van der Waals surface area contributed by atoms with Gasteiger partial charge in [0, 0.05) is 20.2 Å². The minimum absolute atomic E-state index is 0.0858. The molecule has 1 N–H and O–H groups in total. The molecule has 0 unspecified atom stereocenters. The molecular weight excluding hydrogens is 382 g/mol. The molecule has 104 valence electrons. The second kappa shape index (κ2) is 6.10. The first-order chi connectivity index (χ1) is 9.38. The molecule has 0 aromatic heterocycles. The molecule has 0 aliphatic rings. The molecule has 0 saturated carbocycles. The smallest absolute Gasteiger partial charge is 0.255 e. The van der Waals surface area contributed by atoms with Crippen molar-refractivity contribution in [3.63, 3.8) is 0 Å². The van der Waals surface area contributed by atoms with Crippen molar-refractivity contribution in [2.24, 2.45) is 0 Å². The highest BCUT2D eigenvalue weighted by Crippen LogP contribution is 2.26. The van der Waals surface area contributed by atoms with Crippen LogP contribution in [-0.2, 0) is 0 Å². The van der Waals surface area contributed by atoms with Crippen LogP contribution in [0.4, 0.5) is 5.69 Å². The minimum Gasteiger partial charge on any atom is -0.321 e. The van der Waals surface area contributed by atoms with E-state index in [1.807, 2.05) is 51.1 Å². The Balaban J connectivity index is 2.35. The number of carbonyl (C=O) groups excluding carboxylic acids is 1. The first kappa shape index (κ1) is 15.3. The molecule has 0 fully saturated rings. The van der Waals surface area contributed by atoms with Crippen LogP contribution in [0, 0.1) is 20.8 Å². The summed E-state index contributed by atoms with van der Waals surface area (Å²) in [6.45, 7) is 5.91. The van der Waals surface area contributed by atoms with Crippen molar-refractivity contribution in [2.75, 3.05) is 5.32 Å². The number of hydrogen-bond donors (Lipinski definition) is 1. The Kier molecular flexibility index (Phi) is 4.66. The molecule has 20 heavy (non-hydrogen) atoms. The molecule has 0 bridgehead atoms. The molecule has 0 spiro atoms. The number of rotatable bonds is 2. The van der Waals surface area contributed by atoms with Crippen LogP contribution in [0.15, 0.2) is 39.3 Å². The summed E-state index contributed by atoms with van der Waals surface area (Å²) >= 11 is 6.86. The van der Waals surface area contributed by atoms with Gasteiger partial charge in [-0.3, -0.25) is 4.79 Å². The maximum atomic E-state index is 12.4. The van der Waals surface area contributed by atoms with Crippen LogP contribution in [0.3, 0.4) is 0 Å². The summed E-state index contributed by atoms with van der Waals surface area (Å²) in [6, 6.07) is 9.70. The quantitative estimate of drug-likeness (QED) is 0.724. The van der Waals surface area contributed by atoms with Crippen LogP contribution in [0.2, 0.25) is 0 Å². The van der Waals surface area contributed by atoms with Gasteiger partial charge in [0.2, 0.25) is 0 Å². The Morgan fingerprint density at radius 2 is 1.50 bits per heavy atom. The Bertz CT molecular complexity index is 657. The number of nitrogens with one attached hydrogen (secondary N) is 1. The zero-order valence-corrected chi connectivity index (χ0v) is 14.7. The van der Waals surface area contributed by atoms with Crippen LogP contribution in [0.5, 0.6) is 0 Å². The lowest BCUT2D eigenvalue weighted by Gasteiger charge is -2.13. The maximum absolute atomic E-state index is 12.4. The summed E-state index contributed by atoms with van der Waals surface area (Å²) in [5.74, 6) is -0.0858. The van der Waals surface area contributed by atoms with E-state index in [0.717, 1.165) is 31.3 Å². The van der Waals surface area contributed by atoms with Crippen LogP contribution >= 0.6 is 31.9 Å². The summed E-state index contributed by atoms with van der Waals surface area (Å²) in [6.07, 6.45) is 0. The SMILES string of the molecule is Cc1ccc(Br)cc1C(=O)Nc1c(C)cc(Br)cc1C. The third kappa shape index (κ3) is 3.30. The maximum Gasteiger partial charge on any atom is 0.255 e. The van der Waals surface area contributed by atoms with Crippen molar-refractivity contribution in [1.29, 1.82) is 0 Å². The topological polar surface area (TPSA) is 29.1 Å². The van der Waals surface area contributed by atoms with Gasteiger partial charge in [0.1, 0.15) is 0 Å². The highest BCUT2D eigenvalue weighted by molar-refractivity contribution is 9.10. The van der Waals surface area contributed by atoms with Crippen LogP contribution in [0.25, 0.3) is 0 Å². The van der Waals surface area contributed by atoms with Gasteiger partial charge in [-0.15, -0.1) is 0 Å². The van der Waals surface area contributed by atoms with Crippen LogP contribution < -0.4 is 5.32 Å².